The van der Waals surface area contributed by atoms with Gasteiger partial charge in [0.25, 0.3) is 0 Å². The molecule has 120 valence electrons. The van der Waals surface area contributed by atoms with Crippen molar-refractivity contribution in [1.29, 1.82) is 0 Å². The normalized spacial score (nSPS) is 14.0. The number of hydrogen-bond donors (Lipinski definition) is 1. The quantitative estimate of drug-likeness (QED) is 0.806. The molecule has 0 radical (unpaired) electrons. The van der Waals surface area contributed by atoms with E-state index in [9.17, 15) is 17.6 Å². The zero-order valence-electron chi connectivity index (χ0n) is 12.5. The maximum Gasteiger partial charge on any atom is 0.419 e. The maximum atomic E-state index is 13.4. The van der Waals surface area contributed by atoms with Crippen molar-refractivity contribution < 1.29 is 17.6 Å². The van der Waals surface area contributed by atoms with E-state index in [1.165, 1.54) is 6.07 Å². The van der Waals surface area contributed by atoms with Crippen molar-refractivity contribution in [3.8, 4) is 0 Å². The summed E-state index contributed by atoms with van der Waals surface area (Å²) in [6.45, 7) is 6.83. The van der Waals surface area contributed by atoms with Crippen LogP contribution < -0.4 is 5.73 Å². The van der Waals surface area contributed by atoms with Crippen LogP contribution in [0.1, 0.15) is 44.4 Å². The summed E-state index contributed by atoms with van der Waals surface area (Å²) >= 11 is 0. The average molecular weight is 306 g/mol. The van der Waals surface area contributed by atoms with Gasteiger partial charge < -0.3 is 5.73 Å². The number of nitrogens with two attached hydrogens (primary N) is 1. The van der Waals surface area contributed by atoms with E-state index in [-0.39, 0.29) is 18.6 Å². The molecule has 6 heteroatoms. The molecular weight excluding hydrogens is 284 g/mol. The first-order valence-corrected chi connectivity index (χ1v) is 7.04. The van der Waals surface area contributed by atoms with Gasteiger partial charge in [0.05, 0.1) is 5.56 Å². The first-order valence-electron chi connectivity index (χ1n) is 7.04. The van der Waals surface area contributed by atoms with E-state index in [1.807, 2.05) is 25.7 Å². The Morgan fingerprint density at radius 3 is 2.29 bits per heavy atom. The predicted molar refractivity (Wildman–Crippen MR) is 75.3 cm³/mol. The largest absolute Gasteiger partial charge is 0.419 e. The van der Waals surface area contributed by atoms with Gasteiger partial charge in [-0.25, -0.2) is 4.39 Å². The molecule has 1 aromatic carbocycles. The minimum absolute atomic E-state index is 0.137. The SMILES string of the molecule is CCCN(C(C)C)C(CN)c1ccc(F)c(C(F)(F)F)c1. The topological polar surface area (TPSA) is 29.3 Å². The zero-order chi connectivity index (χ0) is 16.2. The van der Waals surface area contributed by atoms with Gasteiger partial charge in [-0.2, -0.15) is 13.2 Å². The highest BCUT2D eigenvalue weighted by Gasteiger charge is 2.35. The van der Waals surface area contributed by atoms with Gasteiger partial charge in [-0.15, -0.1) is 0 Å². The van der Waals surface area contributed by atoms with Crippen LogP contribution in [0.15, 0.2) is 18.2 Å². The summed E-state index contributed by atoms with van der Waals surface area (Å²) in [4.78, 5) is 2.04. The summed E-state index contributed by atoms with van der Waals surface area (Å²) in [6, 6.07) is 2.90. The molecule has 1 unspecified atom stereocenters. The minimum Gasteiger partial charge on any atom is -0.329 e. The van der Waals surface area contributed by atoms with Crippen LogP contribution in [0.3, 0.4) is 0 Å². The lowest BCUT2D eigenvalue weighted by Crippen LogP contribution is -2.39. The number of benzene rings is 1. The molecule has 0 amide bonds. The molecular formula is C15H22F4N2. The number of alkyl halides is 3. The third-order valence-corrected chi connectivity index (χ3v) is 3.45. The van der Waals surface area contributed by atoms with E-state index in [4.69, 9.17) is 5.73 Å². The molecule has 2 nitrogen and oxygen atoms in total. The minimum atomic E-state index is -4.70. The molecule has 0 aromatic heterocycles. The van der Waals surface area contributed by atoms with Gasteiger partial charge in [-0.1, -0.05) is 13.0 Å². The number of rotatable bonds is 6. The Kier molecular flexibility index (Phi) is 6.16. The maximum absolute atomic E-state index is 13.4. The monoisotopic (exact) mass is 306 g/mol. The number of hydrogen-bond acceptors (Lipinski definition) is 2. The summed E-state index contributed by atoms with van der Waals surface area (Å²) in [5.74, 6) is -1.26. The van der Waals surface area contributed by atoms with Crippen LogP contribution in [-0.2, 0) is 6.18 Å². The van der Waals surface area contributed by atoms with Gasteiger partial charge in [0, 0.05) is 18.6 Å². The Morgan fingerprint density at radius 1 is 1.24 bits per heavy atom. The molecule has 0 aliphatic heterocycles. The molecule has 0 saturated heterocycles. The van der Waals surface area contributed by atoms with Crippen LogP contribution in [0.5, 0.6) is 0 Å². The Balaban J connectivity index is 3.22. The second-order valence-electron chi connectivity index (χ2n) is 5.32. The van der Waals surface area contributed by atoms with E-state index in [2.05, 4.69) is 0 Å². The summed E-state index contributed by atoms with van der Waals surface area (Å²) < 4.78 is 51.8. The van der Waals surface area contributed by atoms with Gasteiger partial charge in [0.15, 0.2) is 0 Å². The van der Waals surface area contributed by atoms with Crippen molar-refractivity contribution in [1.82, 2.24) is 4.90 Å². The van der Waals surface area contributed by atoms with Crippen molar-refractivity contribution in [3.05, 3.63) is 35.1 Å². The van der Waals surface area contributed by atoms with E-state index < -0.39 is 17.6 Å². The molecule has 0 spiro atoms. The van der Waals surface area contributed by atoms with Crippen molar-refractivity contribution in [3.63, 3.8) is 0 Å². The molecule has 2 N–H and O–H groups in total. The molecule has 1 aromatic rings. The Bertz CT molecular complexity index is 457. The second-order valence-corrected chi connectivity index (χ2v) is 5.32. The van der Waals surface area contributed by atoms with Gasteiger partial charge in [-0.3, -0.25) is 4.90 Å². The molecule has 0 aliphatic carbocycles. The molecule has 0 aliphatic rings. The van der Waals surface area contributed by atoms with Gasteiger partial charge in [0.2, 0.25) is 0 Å². The van der Waals surface area contributed by atoms with Crippen molar-refractivity contribution in [2.75, 3.05) is 13.1 Å². The van der Waals surface area contributed by atoms with Gasteiger partial charge >= 0.3 is 6.18 Å². The number of halogens is 4. The van der Waals surface area contributed by atoms with Crippen molar-refractivity contribution in [2.45, 2.75) is 45.5 Å². The van der Waals surface area contributed by atoms with Crippen molar-refractivity contribution >= 4 is 0 Å². The molecule has 1 atom stereocenters. The first kappa shape index (κ1) is 17.9. The van der Waals surface area contributed by atoms with Crippen LogP contribution in [0, 0.1) is 5.82 Å². The van der Waals surface area contributed by atoms with E-state index in [0.717, 1.165) is 25.1 Å². The van der Waals surface area contributed by atoms with Crippen LogP contribution in [-0.4, -0.2) is 24.0 Å². The smallest absolute Gasteiger partial charge is 0.329 e. The highest BCUT2D eigenvalue weighted by molar-refractivity contribution is 5.30. The summed E-state index contributed by atoms with van der Waals surface area (Å²) in [5, 5.41) is 0. The van der Waals surface area contributed by atoms with Gasteiger partial charge in [0.1, 0.15) is 5.82 Å². The van der Waals surface area contributed by atoms with Crippen LogP contribution in [0.2, 0.25) is 0 Å². The van der Waals surface area contributed by atoms with Crippen LogP contribution in [0.4, 0.5) is 17.6 Å². The fourth-order valence-corrected chi connectivity index (χ4v) is 2.46. The highest BCUT2D eigenvalue weighted by atomic mass is 19.4. The van der Waals surface area contributed by atoms with Crippen molar-refractivity contribution in [2.24, 2.45) is 5.73 Å². The van der Waals surface area contributed by atoms with Crippen LogP contribution >= 0.6 is 0 Å². The lowest BCUT2D eigenvalue weighted by molar-refractivity contribution is -0.140. The Hall–Kier alpha value is -1.14. The standard InChI is InChI=1S/C15H22F4N2/c1-4-7-21(10(2)3)14(9-20)11-5-6-13(16)12(8-11)15(17,18)19/h5-6,8,10,14H,4,7,9,20H2,1-3H3. The van der Waals surface area contributed by atoms with E-state index >= 15 is 0 Å². The van der Waals surface area contributed by atoms with E-state index in [0.29, 0.717) is 5.56 Å². The molecule has 0 saturated carbocycles. The number of nitrogens with zero attached hydrogens (tertiary/aromatic N) is 1. The lowest BCUT2D eigenvalue weighted by atomic mass is 10.0. The van der Waals surface area contributed by atoms with Gasteiger partial charge in [-0.05, 0) is 44.5 Å². The Morgan fingerprint density at radius 2 is 1.86 bits per heavy atom. The van der Waals surface area contributed by atoms with Crippen LogP contribution in [0.25, 0.3) is 0 Å². The average Bonchev–Trinajstić information content (AvgIpc) is 2.38. The third-order valence-electron chi connectivity index (χ3n) is 3.45. The lowest BCUT2D eigenvalue weighted by Gasteiger charge is -2.34. The fraction of sp³-hybridized carbons (Fsp3) is 0.600. The second kappa shape index (κ2) is 7.22. The predicted octanol–water partition coefficient (Wildman–Crippen LogP) is 3.96. The molecule has 21 heavy (non-hydrogen) atoms. The molecule has 0 fully saturated rings. The summed E-state index contributed by atoms with van der Waals surface area (Å²) in [7, 11) is 0. The first-order chi connectivity index (χ1) is 9.72. The Labute approximate surface area is 122 Å². The summed E-state index contributed by atoms with van der Waals surface area (Å²) in [6.07, 6.45) is -3.84. The summed E-state index contributed by atoms with van der Waals surface area (Å²) in [5.41, 5.74) is 4.91. The fourth-order valence-electron chi connectivity index (χ4n) is 2.46. The molecule has 0 bridgehead atoms. The zero-order valence-corrected chi connectivity index (χ0v) is 12.5. The molecule has 1 rings (SSSR count). The molecule has 0 heterocycles. The highest BCUT2D eigenvalue weighted by Crippen LogP contribution is 2.34. The third kappa shape index (κ3) is 4.41. The van der Waals surface area contributed by atoms with E-state index in [1.54, 1.807) is 0 Å².